The summed E-state index contributed by atoms with van der Waals surface area (Å²) < 4.78 is 40.3. The molecule has 84 valence electrons. The van der Waals surface area contributed by atoms with Crippen LogP contribution < -0.4 is 9.44 Å². The van der Waals surface area contributed by atoms with Gasteiger partial charge in [0, 0.05) is 11.0 Å². The van der Waals surface area contributed by atoms with Crippen LogP contribution in [-0.4, -0.2) is 15.0 Å². The van der Waals surface area contributed by atoms with Crippen molar-refractivity contribution >= 4 is 31.8 Å². The fraction of sp³-hybridized carbons (Fsp3) is 0.250. The van der Waals surface area contributed by atoms with Gasteiger partial charge in [-0.3, -0.25) is 4.72 Å². The van der Waals surface area contributed by atoms with Gasteiger partial charge in [-0.2, -0.15) is 13.1 Å². The predicted octanol–water partition coefficient (Wildman–Crippen LogP) is 1.85. The minimum absolute atomic E-state index is 0.163. The second kappa shape index (κ2) is 4.91. The molecule has 0 spiro atoms. The molecule has 0 amide bonds. The molecule has 0 aliphatic rings. The summed E-state index contributed by atoms with van der Waals surface area (Å²) in [5, 5.41) is 0. The number of hydrogen-bond acceptors (Lipinski definition) is 2. The highest BCUT2D eigenvalue weighted by Gasteiger charge is 2.10. The van der Waals surface area contributed by atoms with Crippen LogP contribution in [0.4, 0.5) is 10.1 Å². The molecule has 0 heterocycles. The van der Waals surface area contributed by atoms with E-state index in [4.69, 9.17) is 0 Å². The van der Waals surface area contributed by atoms with Gasteiger partial charge in [0.1, 0.15) is 5.82 Å². The van der Waals surface area contributed by atoms with E-state index in [0.29, 0.717) is 4.47 Å². The van der Waals surface area contributed by atoms with Crippen LogP contribution in [0.5, 0.6) is 0 Å². The molecule has 1 rings (SSSR count). The molecule has 1 aromatic rings. The number of nitrogens with one attached hydrogen (secondary N) is 2. The standard InChI is InChI=1S/C8H10BrFN2O2S/c1-2-11-15(13,14)12-8-5-6(10)3-4-7(8)9/h3-5,11-12H,2H2,1H3. The van der Waals surface area contributed by atoms with Gasteiger partial charge in [-0.1, -0.05) is 6.92 Å². The van der Waals surface area contributed by atoms with Crippen LogP contribution >= 0.6 is 15.9 Å². The zero-order valence-corrected chi connectivity index (χ0v) is 10.3. The molecule has 0 unspecified atom stereocenters. The van der Waals surface area contributed by atoms with Crippen LogP contribution in [0.15, 0.2) is 22.7 Å². The number of hydrogen-bond donors (Lipinski definition) is 2. The Balaban J connectivity index is 2.94. The maximum absolute atomic E-state index is 12.8. The molecular weight excluding hydrogens is 287 g/mol. The molecule has 4 nitrogen and oxygen atoms in total. The summed E-state index contributed by atoms with van der Waals surface area (Å²) in [5.74, 6) is -0.507. The highest BCUT2D eigenvalue weighted by Crippen LogP contribution is 2.23. The van der Waals surface area contributed by atoms with Crippen LogP contribution in [0.25, 0.3) is 0 Å². The normalized spacial score (nSPS) is 11.4. The molecule has 0 atom stereocenters. The summed E-state index contributed by atoms with van der Waals surface area (Å²) in [6, 6.07) is 3.76. The summed E-state index contributed by atoms with van der Waals surface area (Å²) in [4.78, 5) is 0. The zero-order valence-electron chi connectivity index (χ0n) is 7.92. The van der Waals surface area contributed by atoms with E-state index in [1.807, 2.05) is 0 Å². The Labute approximate surface area is 96.2 Å². The monoisotopic (exact) mass is 296 g/mol. The first-order chi connectivity index (χ1) is 6.94. The van der Waals surface area contributed by atoms with Crippen LogP contribution in [0.1, 0.15) is 6.92 Å². The Morgan fingerprint density at radius 2 is 2.13 bits per heavy atom. The predicted molar refractivity (Wildman–Crippen MR) is 60.3 cm³/mol. The van der Waals surface area contributed by atoms with E-state index in [1.165, 1.54) is 12.1 Å². The van der Waals surface area contributed by atoms with Crippen molar-refractivity contribution in [1.29, 1.82) is 0 Å². The third kappa shape index (κ3) is 3.77. The quantitative estimate of drug-likeness (QED) is 0.891. The van der Waals surface area contributed by atoms with Gasteiger partial charge in [0.15, 0.2) is 0 Å². The van der Waals surface area contributed by atoms with Crippen molar-refractivity contribution < 1.29 is 12.8 Å². The maximum atomic E-state index is 12.8. The Hall–Kier alpha value is -0.660. The summed E-state index contributed by atoms with van der Waals surface area (Å²) >= 11 is 3.11. The van der Waals surface area contributed by atoms with Crippen molar-refractivity contribution in [3.8, 4) is 0 Å². The molecule has 0 saturated heterocycles. The van der Waals surface area contributed by atoms with E-state index >= 15 is 0 Å². The molecule has 2 N–H and O–H groups in total. The van der Waals surface area contributed by atoms with E-state index in [9.17, 15) is 12.8 Å². The molecule has 0 bridgehead atoms. The molecule has 0 aliphatic carbocycles. The third-order valence-electron chi connectivity index (χ3n) is 1.51. The topological polar surface area (TPSA) is 58.2 Å². The Bertz CT molecular complexity index is 450. The Morgan fingerprint density at radius 1 is 1.47 bits per heavy atom. The van der Waals surface area contributed by atoms with E-state index in [1.54, 1.807) is 6.92 Å². The van der Waals surface area contributed by atoms with Gasteiger partial charge >= 0.3 is 0 Å². The van der Waals surface area contributed by atoms with Crippen LogP contribution in [0.2, 0.25) is 0 Å². The van der Waals surface area contributed by atoms with Crippen molar-refractivity contribution in [1.82, 2.24) is 4.72 Å². The minimum Gasteiger partial charge on any atom is -0.270 e. The lowest BCUT2D eigenvalue weighted by molar-refractivity contribution is 0.589. The molecule has 1 aromatic carbocycles. The molecule has 7 heteroatoms. The van der Waals surface area contributed by atoms with Gasteiger partial charge in [0.2, 0.25) is 0 Å². The van der Waals surface area contributed by atoms with Crippen molar-refractivity contribution in [2.24, 2.45) is 0 Å². The fourth-order valence-corrected chi connectivity index (χ4v) is 2.33. The van der Waals surface area contributed by atoms with E-state index in [-0.39, 0.29) is 12.2 Å². The largest absolute Gasteiger partial charge is 0.299 e. The first-order valence-corrected chi connectivity index (χ1v) is 6.44. The lowest BCUT2D eigenvalue weighted by Crippen LogP contribution is -2.29. The Kier molecular flexibility index (Phi) is 4.06. The van der Waals surface area contributed by atoms with E-state index in [0.717, 1.165) is 6.07 Å². The van der Waals surface area contributed by atoms with Gasteiger partial charge in [0.25, 0.3) is 10.2 Å². The fourth-order valence-electron chi connectivity index (χ4n) is 0.947. The van der Waals surface area contributed by atoms with Gasteiger partial charge in [0.05, 0.1) is 5.69 Å². The molecular formula is C8H10BrFN2O2S. The van der Waals surface area contributed by atoms with Gasteiger partial charge < -0.3 is 0 Å². The van der Waals surface area contributed by atoms with Crippen LogP contribution in [-0.2, 0) is 10.2 Å². The molecule has 0 fully saturated rings. The lowest BCUT2D eigenvalue weighted by atomic mass is 10.3. The van der Waals surface area contributed by atoms with Crippen molar-refractivity contribution in [2.45, 2.75) is 6.92 Å². The van der Waals surface area contributed by atoms with Crippen molar-refractivity contribution in [3.05, 3.63) is 28.5 Å². The number of benzene rings is 1. The maximum Gasteiger partial charge on any atom is 0.299 e. The molecule has 15 heavy (non-hydrogen) atoms. The van der Waals surface area contributed by atoms with Gasteiger partial charge in [-0.15, -0.1) is 0 Å². The summed E-state index contributed by atoms with van der Waals surface area (Å²) in [6.45, 7) is 1.92. The number of anilines is 1. The number of halogens is 2. The molecule has 0 aliphatic heterocycles. The first-order valence-electron chi connectivity index (χ1n) is 4.17. The average molecular weight is 297 g/mol. The zero-order chi connectivity index (χ0) is 11.5. The highest BCUT2D eigenvalue weighted by molar-refractivity contribution is 9.10. The SMILES string of the molecule is CCNS(=O)(=O)Nc1cc(F)ccc1Br. The molecule has 0 radical (unpaired) electrons. The second-order valence-corrected chi connectivity index (χ2v) is 5.08. The van der Waals surface area contributed by atoms with Crippen LogP contribution in [0, 0.1) is 5.82 Å². The van der Waals surface area contributed by atoms with E-state index < -0.39 is 16.0 Å². The second-order valence-electron chi connectivity index (χ2n) is 2.73. The van der Waals surface area contributed by atoms with Gasteiger partial charge in [-0.05, 0) is 34.1 Å². The highest BCUT2D eigenvalue weighted by atomic mass is 79.9. The first kappa shape index (κ1) is 12.4. The van der Waals surface area contributed by atoms with Gasteiger partial charge in [-0.25, -0.2) is 4.39 Å². The van der Waals surface area contributed by atoms with Crippen molar-refractivity contribution in [2.75, 3.05) is 11.3 Å². The Morgan fingerprint density at radius 3 is 2.73 bits per heavy atom. The van der Waals surface area contributed by atoms with E-state index in [2.05, 4.69) is 25.4 Å². The molecule has 0 saturated carbocycles. The van der Waals surface area contributed by atoms with Crippen LogP contribution in [0.3, 0.4) is 0 Å². The minimum atomic E-state index is -3.62. The van der Waals surface area contributed by atoms with Crippen molar-refractivity contribution in [3.63, 3.8) is 0 Å². The lowest BCUT2D eigenvalue weighted by Gasteiger charge is -2.09. The third-order valence-corrected chi connectivity index (χ3v) is 3.36. The summed E-state index contributed by atoms with van der Waals surface area (Å²) in [5.41, 5.74) is 0.163. The molecule has 0 aromatic heterocycles. The summed E-state index contributed by atoms with van der Waals surface area (Å²) in [7, 11) is -3.62. The summed E-state index contributed by atoms with van der Waals surface area (Å²) in [6.07, 6.45) is 0. The average Bonchev–Trinajstić information content (AvgIpc) is 2.10. The smallest absolute Gasteiger partial charge is 0.270 e. The number of rotatable bonds is 4.